The van der Waals surface area contributed by atoms with Crippen LogP contribution in [0.25, 0.3) is 0 Å². The Bertz CT molecular complexity index is 396. The summed E-state index contributed by atoms with van der Waals surface area (Å²) in [7, 11) is 0. The van der Waals surface area contributed by atoms with Gasteiger partial charge in [-0.05, 0) is 18.6 Å². The highest BCUT2D eigenvalue weighted by Crippen LogP contribution is 2.17. The molecule has 4 nitrogen and oxygen atoms in total. The van der Waals surface area contributed by atoms with Crippen molar-refractivity contribution in [2.75, 3.05) is 6.54 Å². The number of hydrogen-bond donors (Lipinski definition) is 3. The minimum Gasteiger partial charge on any atom is -0.507 e. The van der Waals surface area contributed by atoms with Gasteiger partial charge >= 0.3 is 0 Å². The van der Waals surface area contributed by atoms with E-state index >= 15 is 0 Å². The van der Waals surface area contributed by atoms with E-state index in [9.17, 15) is 14.3 Å². The van der Waals surface area contributed by atoms with E-state index in [-0.39, 0.29) is 17.4 Å². The van der Waals surface area contributed by atoms with Crippen LogP contribution in [0, 0.1) is 5.82 Å². The molecule has 1 unspecified atom stereocenters. The maximum Gasteiger partial charge on any atom is 0.255 e. The van der Waals surface area contributed by atoms with Crippen molar-refractivity contribution in [2.24, 2.45) is 5.73 Å². The Morgan fingerprint density at radius 3 is 2.88 bits per heavy atom. The summed E-state index contributed by atoms with van der Waals surface area (Å²) in [6, 6.07) is 3.17. The highest BCUT2D eigenvalue weighted by molar-refractivity contribution is 5.96. The molecule has 94 valence electrons. The minimum absolute atomic E-state index is 0.0510. The normalized spacial score (nSPS) is 12.2. The van der Waals surface area contributed by atoms with Crippen LogP contribution in [-0.4, -0.2) is 23.6 Å². The largest absolute Gasteiger partial charge is 0.507 e. The van der Waals surface area contributed by atoms with E-state index in [1.165, 1.54) is 6.07 Å². The van der Waals surface area contributed by atoms with Gasteiger partial charge in [-0.25, -0.2) is 4.39 Å². The van der Waals surface area contributed by atoms with E-state index in [1.807, 2.05) is 6.92 Å². The minimum atomic E-state index is -0.582. The van der Waals surface area contributed by atoms with Crippen molar-refractivity contribution >= 4 is 5.91 Å². The van der Waals surface area contributed by atoms with E-state index in [2.05, 4.69) is 5.32 Å². The summed E-state index contributed by atoms with van der Waals surface area (Å²) in [5, 5.41) is 12.0. The average molecular weight is 240 g/mol. The van der Waals surface area contributed by atoms with Gasteiger partial charge in [0.15, 0.2) is 0 Å². The predicted molar refractivity (Wildman–Crippen MR) is 63.3 cm³/mol. The van der Waals surface area contributed by atoms with Crippen LogP contribution < -0.4 is 11.1 Å². The van der Waals surface area contributed by atoms with E-state index < -0.39 is 11.7 Å². The quantitative estimate of drug-likeness (QED) is 0.728. The summed E-state index contributed by atoms with van der Waals surface area (Å²) in [5.74, 6) is -1.40. The zero-order chi connectivity index (χ0) is 12.8. The van der Waals surface area contributed by atoms with Gasteiger partial charge in [0.1, 0.15) is 11.6 Å². The Morgan fingerprint density at radius 1 is 1.59 bits per heavy atom. The smallest absolute Gasteiger partial charge is 0.255 e. The molecule has 0 saturated carbocycles. The number of halogens is 1. The van der Waals surface area contributed by atoms with Crippen molar-refractivity contribution < 1.29 is 14.3 Å². The van der Waals surface area contributed by atoms with Crippen molar-refractivity contribution in [1.82, 2.24) is 5.32 Å². The molecule has 0 heterocycles. The second-order valence-electron chi connectivity index (χ2n) is 3.92. The number of amides is 1. The molecule has 0 saturated heterocycles. The van der Waals surface area contributed by atoms with Crippen LogP contribution in [0.2, 0.25) is 0 Å². The number of benzene rings is 1. The first kappa shape index (κ1) is 13.4. The van der Waals surface area contributed by atoms with Gasteiger partial charge in [-0.15, -0.1) is 0 Å². The fraction of sp³-hybridized carbons (Fsp3) is 0.417. The number of hydrogen-bond acceptors (Lipinski definition) is 3. The van der Waals surface area contributed by atoms with E-state index in [1.54, 1.807) is 0 Å². The van der Waals surface area contributed by atoms with Gasteiger partial charge in [0.25, 0.3) is 5.91 Å². The number of phenolic OH excluding ortho intramolecular Hbond substituents is 1. The summed E-state index contributed by atoms with van der Waals surface area (Å²) >= 11 is 0. The fourth-order valence-corrected chi connectivity index (χ4v) is 1.49. The summed E-state index contributed by atoms with van der Waals surface area (Å²) < 4.78 is 12.7. The van der Waals surface area contributed by atoms with E-state index in [0.29, 0.717) is 6.54 Å². The van der Waals surface area contributed by atoms with Gasteiger partial charge in [0, 0.05) is 18.7 Å². The lowest BCUT2D eigenvalue weighted by Gasteiger charge is -2.12. The van der Waals surface area contributed by atoms with E-state index in [4.69, 9.17) is 5.73 Å². The van der Waals surface area contributed by atoms with Crippen molar-refractivity contribution in [3.05, 3.63) is 29.6 Å². The first-order chi connectivity index (χ1) is 8.04. The lowest BCUT2D eigenvalue weighted by molar-refractivity contribution is 0.0948. The van der Waals surface area contributed by atoms with Gasteiger partial charge in [-0.3, -0.25) is 4.79 Å². The SMILES string of the molecule is CCCC(N)CNC(=O)c1ccc(F)cc1O. The van der Waals surface area contributed by atoms with Gasteiger partial charge in [0.05, 0.1) is 5.56 Å². The third kappa shape index (κ3) is 4.03. The number of carbonyl (C=O) groups is 1. The molecule has 1 aromatic carbocycles. The maximum absolute atomic E-state index is 12.7. The lowest BCUT2D eigenvalue weighted by atomic mass is 10.1. The average Bonchev–Trinajstić information content (AvgIpc) is 2.26. The highest BCUT2D eigenvalue weighted by Gasteiger charge is 2.12. The molecule has 1 rings (SSSR count). The van der Waals surface area contributed by atoms with Crippen LogP contribution >= 0.6 is 0 Å². The summed E-state index contributed by atoms with van der Waals surface area (Å²) in [6.45, 7) is 2.34. The van der Waals surface area contributed by atoms with Gasteiger partial charge in [-0.2, -0.15) is 0 Å². The number of nitrogens with one attached hydrogen (secondary N) is 1. The molecule has 1 amide bonds. The molecule has 0 aliphatic heterocycles. The van der Waals surface area contributed by atoms with Crippen LogP contribution in [0.1, 0.15) is 30.1 Å². The molecule has 0 aliphatic rings. The number of aromatic hydroxyl groups is 1. The monoisotopic (exact) mass is 240 g/mol. The van der Waals surface area contributed by atoms with Crippen molar-refractivity contribution in [3.63, 3.8) is 0 Å². The zero-order valence-electron chi connectivity index (χ0n) is 9.74. The number of carbonyl (C=O) groups excluding carboxylic acids is 1. The topological polar surface area (TPSA) is 75.3 Å². The van der Waals surface area contributed by atoms with Crippen molar-refractivity contribution in [3.8, 4) is 5.75 Å². The molecule has 0 spiro atoms. The van der Waals surface area contributed by atoms with Crippen LogP contribution in [-0.2, 0) is 0 Å². The van der Waals surface area contributed by atoms with Gasteiger partial charge in [-0.1, -0.05) is 13.3 Å². The standard InChI is InChI=1S/C12H17FN2O2/c1-2-3-9(14)7-15-12(17)10-5-4-8(13)6-11(10)16/h4-6,9,16H,2-3,7,14H2,1H3,(H,15,17). The summed E-state index contributed by atoms with van der Waals surface area (Å²) in [6.07, 6.45) is 1.76. The van der Waals surface area contributed by atoms with Crippen LogP contribution in [0.15, 0.2) is 18.2 Å². The molecular formula is C12H17FN2O2. The first-order valence-corrected chi connectivity index (χ1v) is 5.57. The summed E-state index contributed by atoms with van der Waals surface area (Å²) in [4.78, 5) is 11.6. The first-order valence-electron chi connectivity index (χ1n) is 5.57. The predicted octanol–water partition coefficient (Wildman–Crippen LogP) is 1.39. The third-order valence-electron chi connectivity index (χ3n) is 2.39. The zero-order valence-corrected chi connectivity index (χ0v) is 9.74. The molecule has 1 atom stereocenters. The molecule has 17 heavy (non-hydrogen) atoms. The molecule has 4 N–H and O–H groups in total. The third-order valence-corrected chi connectivity index (χ3v) is 2.39. The Balaban J connectivity index is 2.58. The lowest BCUT2D eigenvalue weighted by Crippen LogP contribution is -2.37. The Kier molecular flexibility index (Phi) is 4.90. The van der Waals surface area contributed by atoms with Crippen LogP contribution in [0.3, 0.4) is 0 Å². The highest BCUT2D eigenvalue weighted by atomic mass is 19.1. The van der Waals surface area contributed by atoms with Crippen molar-refractivity contribution in [2.45, 2.75) is 25.8 Å². The number of rotatable bonds is 5. The van der Waals surface area contributed by atoms with E-state index in [0.717, 1.165) is 25.0 Å². The number of nitrogens with two attached hydrogens (primary N) is 1. The van der Waals surface area contributed by atoms with Crippen molar-refractivity contribution in [1.29, 1.82) is 0 Å². The molecule has 0 aromatic heterocycles. The molecule has 0 radical (unpaired) electrons. The molecule has 0 fully saturated rings. The Morgan fingerprint density at radius 2 is 2.29 bits per heavy atom. The molecular weight excluding hydrogens is 223 g/mol. The molecule has 1 aromatic rings. The van der Waals surface area contributed by atoms with Crippen LogP contribution in [0.4, 0.5) is 4.39 Å². The van der Waals surface area contributed by atoms with Gasteiger partial charge in [0.2, 0.25) is 0 Å². The Hall–Kier alpha value is -1.62. The Labute approximate surface area is 99.6 Å². The van der Waals surface area contributed by atoms with Gasteiger partial charge < -0.3 is 16.2 Å². The summed E-state index contributed by atoms with van der Waals surface area (Å²) in [5.41, 5.74) is 5.79. The van der Waals surface area contributed by atoms with Crippen LogP contribution in [0.5, 0.6) is 5.75 Å². The fourth-order valence-electron chi connectivity index (χ4n) is 1.49. The second-order valence-corrected chi connectivity index (χ2v) is 3.92. The molecule has 0 aliphatic carbocycles. The molecule has 5 heteroatoms. The maximum atomic E-state index is 12.7. The second kappa shape index (κ2) is 6.20. The number of phenols is 1. The molecule has 0 bridgehead atoms.